The third-order valence-corrected chi connectivity index (χ3v) is 5.69. The van der Waals surface area contributed by atoms with Crippen molar-refractivity contribution in [1.29, 1.82) is 0 Å². The SMILES string of the molecule is COc1ccc(-c2nc(C(=O)Nc3nnc(Cc4ccccc4)s3)cs2)cc1. The number of carbonyl (C=O) groups is 1. The quantitative estimate of drug-likeness (QED) is 0.508. The van der Waals surface area contributed by atoms with Crippen molar-refractivity contribution in [2.75, 3.05) is 12.4 Å². The molecule has 1 N–H and O–H groups in total. The number of benzene rings is 2. The Balaban J connectivity index is 1.42. The van der Waals surface area contributed by atoms with Crippen LogP contribution < -0.4 is 10.1 Å². The third-order valence-electron chi connectivity index (χ3n) is 3.96. The van der Waals surface area contributed by atoms with Crippen LogP contribution >= 0.6 is 22.7 Å². The number of thiazole rings is 1. The summed E-state index contributed by atoms with van der Waals surface area (Å²) in [6.45, 7) is 0. The van der Waals surface area contributed by atoms with E-state index in [-0.39, 0.29) is 5.91 Å². The van der Waals surface area contributed by atoms with Crippen molar-refractivity contribution in [3.05, 3.63) is 76.2 Å². The van der Waals surface area contributed by atoms with Crippen molar-refractivity contribution in [3.63, 3.8) is 0 Å². The zero-order valence-electron chi connectivity index (χ0n) is 15.0. The van der Waals surface area contributed by atoms with E-state index >= 15 is 0 Å². The molecule has 8 heteroatoms. The summed E-state index contributed by atoms with van der Waals surface area (Å²) in [5.41, 5.74) is 2.45. The molecule has 0 fully saturated rings. The van der Waals surface area contributed by atoms with Gasteiger partial charge in [0.1, 0.15) is 21.5 Å². The Morgan fingerprint density at radius 1 is 1.07 bits per heavy atom. The highest BCUT2D eigenvalue weighted by Gasteiger charge is 2.15. The number of hydrogen-bond acceptors (Lipinski definition) is 7. The molecule has 0 aliphatic heterocycles. The third kappa shape index (κ3) is 4.24. The molecule has 28 heavy (non-hydrogen) atoms. The van der Waals surface area contributed by atoms with Gasteiger partial charge in [0.2, 0.25) is 5.13 Å². The standard InChI is InChI=1S/C20H16N4O2S2/c1-26-15-9-7-14(8-10-15)19-21-16(12-27-19)18(25)22-20-24-23-17(28-20)11-13-5-3-2-4-6-13/h2-10,12H,11H2,1H3,(H,22,24,25). The molecule has 0 atom stereocenters. The Morgan fingerprint density at radius 2 is 1.86 bits per heavy atom. The molecule has 0 bridgehead atoms. The Hall–Kier alpha value is -3.10. The van der Waals surface area contributed by atoms with Crippen LogP contribution in [0.5, 0.6) is 5.75 Å². The van der Waals surface area contributed by atoms with E-state index in [1.54, 1.807) is 12.5 Å². The topological polar surface area (TPSA) is 77.0 Å². The van der Waals surface area contributed by atoms with E-state index in [0.717, 1.165) is 26.9 Å². The van der Waals surface area contributed by atoms with Gasteiger partial charge in [0.15, 0.2) is 0 Å². The summed E-state index contributed by atoms with van der Waals surface area (Å²) >= 11 is 2.78. The summed E-state index contributed by atoms with van der Waals surface area (Å²) in [6, 6.07) is 17.6. The molecule has 0 saturated carbocycles. The van der Waals surface area contributed by atoms with E-state index < -0.39 is 0 Å². The maximum atomic E-state index is 12.5. The van der Waals surface area contributed by atoms with Crippen LogP contribution in [0.25, 0.3) is 10.6 Å². The zero-order valence-corrected chi connectivity index (χ0v) is 16.6. The van der Waals surface area contributed by atoms with Crippen LogP contribution in [0.3, 0.4) is 0 Å². The van der Waals surface area contributed by atoms with Crippen LogP contribution in [0.4, 0.5) is 5.13 Å². The first-order valence-corrected chi connectivity index (χ1v) is 10.2. The summed E-state index contributed by atoms with van der Waals surface area (Å²) in [6.07, 6.45) is 0.687. The second-order valence-electron chi connectivity index (χ2n) is 5.88. The van der Waals surface area contributed by atoms with Gasteiger partial charge in [-0.3, -0.25) is 10.1 Å². The molecule has 0 radical (unpaired) electrons. The predicted molar refractivity (Wildman–Crippen MR) is 111 cm³/mol. The lowest BCUT2D eigenvalue weighted by Gasteiger charge is -2.00. The lowest BCUT2D eigenvalue weighted by atomic mass is 10.2. The number of nitrogens with one attached hydrogen (secondary N) is 1. The van der Waals surface area contributed by atoms with Crippen LogP contribution in [-0.2, 0) is 6.42 Å². The summed E-state index contributed by atoms with van der Waals surface area (Å²) in [5, 5.41) is 14.8. The van der Waals surface area contributed by atoms with Crippen LogP contribution in [0, 0.1) is 0 Å². The fourth-order valence-electron chi connectivity index (χ4n) is 2.55. The number of methoxy groups -OCH3 is 1. The molecule has 2 aromatic carbocycles. The average molecular weight is 409 g/mol. The van der Waals surface area contributed by atoms with Gasteiger partial charge in [0, 0.05) is 17.4 Å². The van der Waals surface area contributed by atoms with Gasteiger partial charge in [0.05, 0.1) is 7.11 Å². The van der Waals surface area contributed by atoms with Crippen LogP contribution in [0.1, 0.15) is 21.1 Å². The maximum absolute atomic E-state index is 12.5. The Labute approximate surface area is 169 Å². The highest BCUT2D eigenvalue weighted by atomic mass is 32.1. The number of rotatable bonds is 6. The second kappa shape index (κ2) is 8.28. The van der Waals surface area contributed by atoms with Crippen LogP contribution in [0.15, 0.2) is 60.0 Å². The minimum absolute atomic E-state index is 0.293. The molecular formula is C20H16N4O2S2. The van der Waals surface area contributed by atoms with Gasteiger partial charge in [-0.05, 0) is 29.8 Å². The van der Waals surface area contributed by atoms with E-state index in [1.165, 1.54) is 22.7 Å². The first-order chi connectivity index (χ1) is 13.7. The minimum atomic E-state index is -0.293. The number of nitrogens with zero attached hydrogens (tertiary/aromatic N) is 3. The van der Waals surface area contributed by atoms with Gasteiger partial charge in [-0.2, -0.15) is 0 Å². The minimum Gasteiger partial charge on any atom is -0.497 e. The number of hydrogen-bond donors (Lipinski definition) is 1. The predicted octanol–water partition coefficient (Wildman–Crippen LogP) is 4.51. The molecule has 2 heterocycles. The van der Waals surface area contributed by atoms with Crippen molar-refractivity contribution in [2.24, 2.45) is 0 Å². The van der Waals surface area contributed by atoms with Gasteiger partial charge in [-0.25, -0.2) is 4.98 Å². The number of amides is 1. The molecule has 6 nitrogen and oxygen atoms in total. The first-order valence-electron chi connectivity index (χ1n) is 8.49. The monoisotopic (exact) mass is 408 g/mol. The summed E-state index contributed by atoms with van der Waals surface area (Å²) in [4.78, 5) is 16.9. The number of aromatic nitrogens is 3. The molecule has 0 aliphatic carbocycles. The van der Waals surface area contributed by atoms with Crippen LogP contribution in [-0.4, -0.2) is 28.2 Å². The summed E-state index contributed by atoms with van der Waals surface area (Å²) < 4.78 is 5.16. The van der Waals surface area contributed by atoms with E-state index in [0.29, 0.717) is 17.2 Å². The Bertz CT molecular complexity index is 1080. The van der Waals surface area contributed by atoms with E-state index in [2.05, 4.69) is 20.5 Å². The molecule has 140 valence electrons. The van der Waals surface area contributed by atoms with E-state index in [9.17, 15) is 4.79 Å². The van der Waals surface area contributed by atoms with E-state index in [4.69, 9.17) is 4.74 Å². The lowest BCUT2D eigenvalue weighted by molar-refractivity contribution is 0.102. The molecule has 0 aliphatic rings. The lowest BCUT2D eigenvalue weighted by Crippen LogP contribution is -2.12. The Morgan fingerprint density at radius 3 is 2.61 bits per heavy atom. The molecule has 4 aromatic rings. The zero-order chi connectivity index (χ0) is 19.3. The van der Waals surface area contributed by atoms with Gasteiger partial charge in [-0.1, -0.05) is 41.7 Å². The van der Waals surface area contributed by atoms with Crippen molar-refractivity contribution in [3.8, 4) is 16.3 Å². The van der Waals surface area contributed by atoms with Gasteiger partial charge < -0.3 is 4.74 Å². The smallest absolute Gasteiger partial charge is 0.276 e. The highest BCUT2D eigenvalue weighted by molar-refractivity contribution is 7.15. The molecule has 1 amide bonds. The molecular weight excluding hydrogens is 392 g/mol. The van der Waals surface area contributed by atoms with Crippen molar-refractivity contribution in [2.45, 2.75) is 6.42 Å². The Kier molecular flexibility index (Phi) is 5.41. The number of carbonyl (C=O) groups excluding carboxylic acids is 1. The maximum Gasteiger partial charge on any atom is 0.276 e. The molecule has 2 aromatic heterocycles. The van der Waals surface area contributed by atoms with Crippen molar-refractivity contribution in [1.82, 2.24) is 15.2 Å². The first kappa shape index (κ1) is 18.3. The van der Waals surface area contributed by atoms with Crippen LogP contribution in [0.2, 0.25) is 0 Å². The average Bonchev–Trinajstić information content (AvgIpc) is 3.39. The number of ether oxygens (including phenoxy) is 1. The molecule has 0 spiro atoms. The van der Waals surface area contributed by atoms with Gasteiger partial charge in [0.25, 0.3) is 5.91 Å². The van der Waals surface area contributed by atoms with Crippen molar-refractivity contribution >= 4 is 33.7 Å². The summed E-state index contributed by atoms with van der Waals surface area (Å²) in [7, 11) is 1.62. The van der Waals surface area contributed by atoms with E-state index in [1.807, 2.05) is 54.6 Å². The van der Waals surface area contributed by atoms with Crippen molar-refractivity contribution < 1.29 is 9.53 Å². The largest absolute Gasteiger partial charge is 0.497 e. The fraction of sp³-hybridized carbons (Fsp3) is 0.100. The number of anilines is 1. The van der Waals surface area contributed by atoms with Gasteiger partial charge >= 0.3 is 0 Å². The molecule has 0 unspecified atom stereocenters. The normalized spacial score (nSPS) is 10.6. The second-order valence-corrected chi connectivity index (χ2v) is 7.80. The molecule has 4 rings (SSSR count). The summed E-state index contributed by atoms with van der Waals surface area (Å²) in [5.74, 6) is 0.485. The highest BCUT2D eigenvalue weighted by Crippen LogP contribution is 2.26. The van der Waals surface area contributed by atoms with Gasteiger partial charge in [-0.15, -0.1) is 21.5 Å². The molecule has 0 saturated heterocycles. The fourth-order valence-corrected chi connectivity index (χ4v) is 4.13.